The molecule has 6 nitrogen and oxygen atoms in total. The molecular formula is C25H33N3O3S. The molecule has 0 unspecified atom stereocenters. The molecule has 1 aliphatic heterocycles. The van der Waals surface area contributed by atoms with Crippen LogP contribution in [0.25, 0.3) is 0 Å². The fourth-order valence-electron chi connectivity index (χ4n) is 5.53. The van der Waals surface area contributed by atoms with Gasteiger partial charge in [-0.1, -0.05) is 30.3 Å². The number of rotatable bonds is 6. The molecule has 1 saturated heterocycles. The van der Waals surface area contributed by atoms with Gasteiger partial charge in [-0.25, -0.2) is 18.1 Å². The van der Waals surface area contributed by atoms with Gasteiger partial charge in [0.15, 0.2) is 0 Å². The fraction of sp³-hybridized carbons (Fsp3) is 0.560. The van der Waals surface area contributed by atoms with Gasteiger partial charge in [-0.05, 0) is 79.9 Å². The molecule has 5 rings (SSSR count). The molecule has 1 aromatic heterocycles. The Morgan fingerprint density at radius 2 is 1.75 bits per heavy atom. The monoisotopic (exact) mass is 455 g/mol. The van der Waals surface area contributed by atoms with E-state index in [0.717, 1.165) is 63.9 Å². The molecule has 172 valence electrons. The Labute approximate surface area is 191 Å². The zero-order valence-corrected chi connectivity index (χ0v) is 19.3. The first-order valence-electron chi connectivity index (χ1n) is 11.9. The zero-order chi connectivity index (χ0) is 22.2. The predicted octanol–water partition coefficient (Wildman–Crippen LogP) is 3.69. The number of aromatic nitrogens is 1. The Balaban J connectivity index is 1.14. The summed E-state index contributed by atoms with van der Waals surface area (Å²) >= 11 is 0. The van der Waals surface area contributed by atoms with Crippen molar-refractivity contribution in [3.05, 3.63) is 54.2 Å². The van der Waals surface area contributed by atoms with Gasteiger partial charge in [-0.2, -0.15) is 0 Å². The summed E-state index contributed by atoms with van der Waals surface area (Å²) in [7, 11) is -3.55. The van der Waals surface area contributed by atoms with Crippen LogP contribution in [-0.4, -0.2) is 44.2 Å². The number of benzene rings is 1. The molecule has 3 fully saturated rings. The minimum Gasteiger partial charge on any atom is -0.393 e. The topological polar surface area (TPSA) is 82.5 Å². The summed E-state index contributed by atoms with van der Waals surface area (Å²) < 4.78 is 28.3. The maximum Gasteiger partial charge on any atom is 0.242 e. The lowest BCUT2D eigenvalue weighted by Crippen LogP contribution is -2.42. The second-order valence-corrected chi connectivity index (χ2v) is 11.7. The van der Waals surface area contributed by atoms with E-state index in [9.17, 15) is 13.5 Å². The molecule has 2 saturated carbocycles. The maximum absolute atomic E-state index is 12.7. The largest absolute Gasteiger partial charge is 0.393 e. The molecule has 2 N–H and O–H groups in total. The van der Waals surface area contributed by atoms with E-state index in [1.807, 2.05) is 24.3 Å². The predicted molar refractivity (Wildman–Crippen MR) is 125 cm³/mol. The summed E-state index contributed by atoms with van der Waals surface area (Å²) in [5, 5.41) is 9.81. The van der Waals surface area contributed by atoms with Crippen molar-refractivity contribution in [1.82, 2.24) is 9.71 Å². The van der Waals surface area contributed by atoms with Crippen LogP contribution in [0, 0.1) is 11.3 Å². The molecule has 0 radical (unpaired) electrons. The van der Waals surface area contributed by atoms with Gasteiger partial charge in [0.1, 0.15) is 10.7 Å². The summed E-state index contributed by atoms with van der Waals surface area (Å²) in [5.74, 6) is 1.66. The zero-order valence-electron chi connectivity index (χ0n) is 18.5. The molecule has 2 heterocycles. The van der Waals surface area contributed by atoms with Crippen molar-refractivity contribution in [3.8, 4) is 0 Å². The third-order valence-electron chi connectivity index (χ3n) is 7.88. The molecule has 0 amide bonds. The van der Waals surface area contributed by atoms with E-state index in [1.54, 1.807) is 6.07 Å². The highest BCUT2D eigenvalue weighted by atomic mass is 32.2. The third kappa shape index (κ3) is 4.70. The highest BCUT2D eigenvalue weighted by Crippen LogP contribution is 2.47. The average Bonchev–Trinajstić information content (AvgIpc) is 3.61. The molecule has 1 spiro atoms. The van der Waals surface area contributed by atoms with Crippen LogP contribution in [0.3, 0.4) is 0 Å². The minimum atomic E-state index is -3.55. The van der Waals surface area contributed by atoms with Crippen LogP contribution in [0.2, 0.25) is 0 Å². The fourth-order valence-corrected chi connectivity index (χ4v) is 6.56. The van der Waals surface area contributed by atoms with Crippen molar-refractivity contribution >= 4 is 15.8 Å². The number of pyridine rings is 1. The van der Waals surface area contributed by atoms with Crippen LogP contribution < -0.4 is 9.62 Å². The molecule has 2 atom stereocenters. The van der Waals surface area contributed by atoms with Crippen molar-refractivity contribution in [3.63, 3.8) is 0 Å². The maximum atomic E-state index is 12.7. The van der Waals surface area contributed by atoms with Crippen molar-refractivity contribution in [2.75, 3.05) is 24.5 Å². The summed E-state index contributed by atoms with van der Waals surface area (Å²) in [6.07, 6.45) is 8.71. The summed E-state index contributed by atoms with van der Waals surface area (Å²) in [4.78, 5) is 6.97. The average molecular weight is 456 g/mol. The van der Waals surface area contributed by atoms with E-state index >= 15 is 0 Å². The number of aliphatic hydroxyl groups excluding tert-OH is 1. The van der Waals surface area contributed by atoms with Gasteiger partial charge in [0, 0.05) is 25.8 Å². The molecule has 2 aliphatic carbocycles. The lowest BCUT2D eigenvalue weighted by Gasteiger charge is -2.45. The highest BCUT2D eigenvalue weighted by molar-refractivity contribution is 7.89. The van der Waals surface area contributed by atoms with Crippen molar-refractivity contribution in [2.24, 2.45) is 11.3 Å². The van der Waals surface area contributed by atoms with Gasteiger partial charge < -0.3 is 10.0 Å². The molecule has 1 aromatic carbocycles. The van der Waals surface area contributed by atoms with Gasteiger partial charge in [0.05, 0.1) is 6.10 Å². The van der Waals surface area contributed by atoms with E-state index in [1.165, 1.54) is 11.8 Å². The van der Waals surface area contributed by atoms with Crippen LogP contribution in [0.5, 0.6) is 0 Å². The van der Waals surface area contributed by atoms with E-state index in [0.29, 0.717) is 23.8 Å². The second kappa shape index (κ2) is 8.76. The number of hydrogen-bond acceptors (Lipinski definition) is 5. The number of aliphatic hydroxyl groups is 1. The van der Waals surface area contributed by atoms with Crippen LogP contribution in [-0.2, 0) is 10.0 Å². The summed E-state index contributed by atoms with van der Waals surface area (Å²) in [5.41, 5.74) is 1.67. The van der Waals surface area contributed by atoms with E-state index in [4.69, 9.17) is 0 Å². The first kappa shape index (κ1) is 21.9. The van der Waals surface area contributed by atoms with E-state index in [-0.39, 0.29) is 11.0 Å². The van der Waals surface area contributed by atoms with Crippen molar-refractivity contribution in [1.29, 1.82) is 0 Å². The second-order valence-electron chi connectivity index (χ2n) is 9.94. The smallest absolute Gasteiger partial charge is 0.242 e. The van der Waals surface area contributed by atoms with E-state index in [2.05, 4.69) is 26.7 Å². The van der Waals surface area contributed by atoms with Gasteiger partial charge in [0.25, 0.3) is 0 Å². The Morgan fingerprint density at radius 3 is 2.41 bits per heavy atom. The van der Waals surface area contributed by atoms with Gasteiger partial charge in [0.2, 0.25) is 10.0 Å². The first-order valence-corrected chi connectivity index (χ1v) is 13.4. The van der Waals surface area contributed by atoms with Crippen LogP contribution in [0.4, 0.5) is 5.82 Å². The summed E-state index contributed by atoms with van der Waals surface area (Å²) in [6.45, 7) is 2.35. The number of nitrogens with zero attached hydrogens (tertiary/aromatic N) is 2. The van der Waals surface area contributed by atoms with Gasteiger partial charge in [-0.3, -0.25) is 0 Å². The Hall–Kier alpha value is -1.96. The third-order valence-corrected chi connectivity index (χ3v) is 9.29. The minimum absolute atomic E-state index is 0.118. The van der Waals surface area contributed by atoms with Crippen molar-refractivity contribution < 1.29 is 13.5 Å². The number of hydrogen-bond donors (Lipinski definition) is 2. The molecule has 3 aliphatic rings. The van der Waals surface area contributed by atoms with Crippen molar-refractivity contribution in [2.45, 2.75) is 61.9 Å². The van der Waals surface area contributed by atoms with Crippen LogP contribution in [0.15, 0.2) is 53.6 Å². The summed E-state index contributed by atoms with van der Waals surface area (Å²) in [6, 6.07) is 13.8. The Bertz CT molecular complexity index is 1010. The first-order chi connectivity index (χ1) is 15.4. The number of piperidine rings is 1. The number of sulfonamides is 1. The van der Waals surface area contributed by atoms with Crippen LogP contribution in [0.1, 0.15) is 56.4 Å². The molecule has 7 heteroatoms. The molecule has 0 bridgehead atoms. The molecule has 32 heavy (non-hydrogen) atoms. The normalized spacial score (nSPS) is 25.7. The van der Waals surface area contributed by atoms with Gasteiger partial charge in [-0.15, -0.1) is 0 Å². The SMILES string of the molecule is O=S(=O)(NC[C@H]1C[C@@H]1c1ccccc1)c1ccc(N2CCC3(CCC(O)CC3)CC2)nc1. The lowest BCUT2D eigenvalue weighted by molar-refractivity contribution is 0.0477. The number of nitrogens with one attached hydrogen (secondary N) is 1. The number of anilines is 1. The highest BCUT2D eigenvalue weighted by Gasteiger charge is 2.39. The van der Waals surface area contributed by atoms with E-state index < -0.39 is 10.0 Å². The standard InChI is InChI=1S/C25H33N3O3S/c29-21-8-10-25(11-9-21)12-14-28(15-13-25)24-7-6-22(18-26-24)32(30,31)27-17-20-16-23(20)19-4-2-1-3-5-19/h1-7,18,20-21,23,27,29H,8-17H2/t20-,23-/m1/s1. The quantitative estimate of drug-likeness (QED) is 0.694. The lowest BCUT2D eigenvalue weighted by atomic mass is 9.67. The Kier molecular flexibility index (Phi) is 5.99. The molecular weight excluding hydrogens is 422 g/mol. The van der Waals surface area contributed by atoms with Gasteiger partial charge >= 0.3 is 0 Å². The molecule has 2 aromatic rings. The van der Waals surface area contributed by atoms with Crippen LogP contribution >= 0.6 is 0 Å². The Morgan fingerprint density at radius 1 is 1.03 bits per heavy atom.